The van der Waals surface area contributed by atoms with Crippen LogP contribution in [0.5, 0.6) is 0 Å². The van der Waals surface area contributed by atoms with Gasteiger partial charge in [-0.2, -0.15) is 0 Å². The summed E-state index contributed by atoms with van der Waals surface area (Å²) in [5.41, 5.74) is 0.411. The fourth-order valence-corrected chi connectivity index (χ4v) is 3.18. The van der Waals surface area contributed by atoms with Gasteiger partial charge >= 0.3 is 5.97 Å². The summed E-state index contributed by atoms with van der Waals surface area (Å²) in [5, 5.41) is 23.8. The number of ether oxygens (including phenoxy) is 1. The summed E-state index contributed by atoms with van der Waals surface area (Å²) in [7, 11) is 0. The van der Waals surface area contributed by atoms with Crippen LogP contribution in [0.1, 0.15) is 20.8 Å². The highest BCUT2D eigenvalue weighted by Crippen LogP contribution is 2.42. The molecule has 0 saturated heterocycles. The molecule has 8 nitrogen and oxygen atoms in total. The number of carboxylic acid groups (broad SMARTS) is 1. The summed E-state index contributed by atoms with van der Waals surface area (Å²) in [5.74, 6) is -0.938. The zero-order valence-corrected chi connectivity index (χ0v) is 14.0. The number of hydrogen-bond acceptors (Lipinski definition) is 6. The van der Waals surface area contributed by atoms with E-state index in [9.17, 15) is 24.8 Å². The van der Waals surface area contributed by atoms with Crippen LogP contribution < -0.4 is 5.32 Å². The van der Waals surface area contributed by atoms with Gasteiger partial charge < -0.3 is 15.2 Å². The maximum atomic E-state index is 11.8. The van der Waals surface area contributed by atoms with Crippen LogP contribution in [0.25, 0.3) is 0 Å². The molecule has 1 heterocycles. The standard InChI is InChI=1S/C17H18N2O6/c1-4-25-16-10(3)18-9(2)14(17(21)22)15(16)11-6-5-7-13(19(23)24)12(11)8-20/h5-7,11,15,18H,4H2,1-3H3,(H,21,22). The van der Waals surface area contributed by atoms with E-state index in [1.54, 1.807) is 32.8 Å². The Labute approximate surface area is 144 Å². The number of aliphatic carboxylic acids is 1. The van der Waals surface area contributed by atoms with E-state index in [1.165, 1.54) is 12.2 Å². The lowest BCUT2D eigenvalue weighted by molar-refractivity contribution is -0.421. The fraction of sp³-hybridized carbons (Fsp3) is 0.353. The summed E-state index contributed by atoms with van der Waals surface area (Å²) in [6.45, 7) is 5.36. The molecule has 2 rings (SSSR count). The Balaban J connectivity index is 2.65. The molecule has 8 heteroatoms. The third-order valence-electron chi connectivity index (χ3n) is 4.12. The number of rotatable bonds is 5. The minimum Gasteiger partial charge on any atom is -0.496 e. The van der Waals surface area contributed by atoms with Gasteiger partial charge in [-0.05, 0) is 20.8 Å². The number of nitrogens with zero attached hydrogens (tertiary/aromatic N) is 1. The molecule has 0 saturated carbocycles. The van der Waals surface area contributed by atoms with Crippen molar-refractivity contribution in [2.75, 3.05) is 6.61 Å². The third kappa shape index (κ3) is 3.25. The molecule has 2 aliphatic rings. The second-order valence-electron chi connectivity index (χ2n) is 5.60. The van der Waals surface area contributed by atoms with Crippen molar-refractivity contribution in [1.82, 2.24) is 5.32 Å². The van der Waals surface area contributed by atoms with Crippen LogP contribution in [0, 0.1) is 22.0 Å². The van der Waals surface area contributed by atoms with Gasteiger partial charge in [0.25, 0.3) is 5.70 Å². The van der Waals surface area contributed by atoms with Crippen LogP contribution in [-0.4, -0.2) is 28.5 Å². The van der Waals surface area contributed by atoms with Crippen molar-refractivity contribution in [2.24, 2.45) is 11.8 Å². The lowest BCUT2D eigenvalue weighted by Crippen LogP contribution is -2.35. The molecule has 0 aromatic heterocycles. The molecule has 0 amide bonds. The summed E-state index contributed by atoms with van der Waals surface area (Å²) >= 11 is 0. The molecule has 0 spiro atoms. The van der Waals surface area contributed by atoms with E-state index in [-0.39, 0.29) is 17.8 Å². The van der Waals surface area contributed by atoms with Crippen LogP contribution in [0.15, 0.2) is 52.2 Å². The van der Waals surface area contributed by atoms with Crippen LogP contribution in [0.3, 0.4) is 0 Å². The van der Waals surface area contributed by atoms with E-state index in [1.807, 2.05) is 0 Å². The van der Waals surface area contributed by atoms with E-state index in [0.717, 1.165) is 0 Å². The van der Waals surface area contributed by atoms with Crippen LogP contribution in [0.4, 0.5) is 0 Å². The first-order valence-corrected chi connectivity index (χ1v) is 7.66. The molecule has 2 unspecified atom stereocenters. The van der Waals surface area contributed by atoms with Crippen molar-refractivity contribution < 1.29 is 24.4 Å². The van der Waals surface area contributed by atoms with E-state index in [2.05, 4.69) is 5.32 Å². The van der Waals surface area contributed by atoms with Crippen molar-refractivity contribution >= 4 is 11.9 Å². The first kappa shape index (κ1) is 18.2. The Bertz CT molecular complexity index is 796. The molecule has 0 bridgehead atoms. The van der Waals surface area contributed by atoms with Gasteiger partial charge in [0.05, 0.1) is 28.7 Å². The van der Waals surface area contributed by atoms with Gasteiger partial charge in [0.2, 0.25) is 0 Å². The lowest BCUT2D eigenvalue weighted by Gasteiger charge is -2.34. The molecule has 1 aliphatic carbocycles. The Morgan fingerprint density at radius 2 is 2.12 bits per heavy atom. The summed E-state index contributed by atoms with van der Waals surface area (Å²) in [4.78, 5) is 33.8. The first-order valence-electron chi connectivity index (χ1n) is 7.66. The number of nitrogens with one attached hydrogen (secondary N) is 1. The normalized spacial score (nSPS) is 23.0. The topological polar surface area (TPSA) is 119 Å². The van der Waals surface area contributed by atoms with E-state index in [4.69, 9.17) is 4.74 Å². The number of dihydropyridines is 1. The first-order chi connectivity index (χ1) is 11.8. The predicted octanol–water partition coefficient (Wildman–Crippen LogP) is 1.94. The second-order valence-corrected chi connectivity index (χ2v) is 5.60. The van der Waals surface area contributed by atoms with Gasteiger partial charge in [-0.3, -0.25) is 10.1 Å². The van der Waals surface area contributed by atoms with Crippen LogP contribution in [-0.2, 0) is 14.3 Å². The van der Waals surface area contributed by atoms with Gasteiger partial charge in [-0.25, -0.2) is 9.59 Å². The smallest absolute Gasteiger partial charge is 0.334 e. The van der Waals surface area contributed by atoms with Crippen molar-refractivity contribution in [2.45, 2.75) is 20.8 Å². The van der Waals surface area contributed by atoms with Crippen molar-refractivity contribution in [3.05, 3.63) is 62.3 Å². The van der Waals surface area contributed by atoms with Gasteiger partial charge in [0, 0.05) is 17.7 Å². The second kappa shape index (κ2) is 7.19. The van der Waals surface area contributed by atoms with Gasteiger partial charge in [-0.1, -0.05) is 12.2 Å². The fourth-order valence-electron chi connectivity index (χ4n) is 3.18. The number of hydrogen-bond donors (Lipinski definition) is 2. The zero-order chi connectivity index (χ0) is 18.7. The molecule has 0 aromatic carbocycles. The average Bonchev–Trinajstić information content (AvgIpc) is 2.55. The Morgan fingerprint density at radius 3 is 2.64 bits per heavy atom. The third-order valence-corrected chi connectivity index (χ3v) is 4.12. The minimum atomic E-state index is -1.18. The summed E-state index contributed by atoms with van der Waals surface area (Å²) in [6, 6.07) is 0. The monoisotopic (exact) mass is 346 g/mol. The molecule has 2 N–H and O–H groups in total. The number of carbonyl (C=O) groups is 1. The van der Waals surface area contributed by atoms with Crippen LogP contribution >= 0.6 is 0 Å². The largest absolute Gasteiger partial charge is 0.496 e. The molecule has 25 heavy (non-hydrogen) atoms. The SMILES string of the molecule is CCOC1=C(C)NC(C)=C(C(=O)O)C1C1C=CC=C([N+](=O)[O-])C1=C=O. The van der Waals surface area contributed by atoms with E-state index in [0.29, 0.717) is 17.2 Å². The van der Waals surface area contributed by atoms with Gasteiger partial charge in [-0.15, -0.1) is 0 Å². The van der Waals surface area contributed by atoms with Gasteiger partial charge in [0.15, 0.2) is 0 Å². The number of carboxylic acids is 1. The van der Waals surface area contributed by atoms with E-state index < -0.39 is 28.4 Å². The Morgan fingerprint density at radius 1 is 1.44 bits per heavy atom. The van der Waals surface area contributed by atoms with Crippen molar-refractivity contribution in [3.63, 3.8) is 0 Å². The average molecular weight is 346 g/mol. The minimum absolute atomic E-state index is 0.000970. The molecule has 0 aromatic rings. The summed E-state index contributed by atoms with van der Waals surface area (Å²) < 4.78 is 5.63. The Hall–Kier alpha value is -3.12. The summed E-state index contributed by atoms with van der Waals surface area (Å²) in [6.07, 6.45) is 4.21. The molecular formula is C17H18N2O6. The maximum absolute atomic E-state index is 11.8. The molecule has 1 aliphatic heterocycles. The van der Waals surface area contributed by atoms with E-state index >= 15 is 0 Å². The van der Waals surface area contributed by atoms with Crippen molar-refractivity contribution in [1.29, 1.82) is 0 Å². The number of nitro groups is 1. The zero-order valence-electron chi connectivity index (χ0n) is 14.0. The highest BCUT2D eigenvalue weighted by atomic mass is 16.6. The molecular weight excluding hydrogens is 328 g/mol. The maximum Gasteiger partial charge on any atom is 0.334 e. The van der Waals surface area contributed by atoms with Crippen LogP contribution in [0.2, 0.25) is 0 Å². The predicted molar refractivity (Wildman–Crippen MR) is 88.2 cm³/mol. The molecule has 0 radical (unpaired) electrons. The number of allylic oxidation sites excluding steroid dienone is 7. The van der Waals surface area contributed by atoms with Crippen molar-refractivity contribution in [3.8, 4) is 0 Å². The molecule has 132 valence electrons. The highest BCUT2D eigenvalue weighted by molar-refractivity contribution is 5.89. The highest BCUT2D eigenvalue weighted by Gasteiger charge is 2.43. The number of carbonyl (C=O) groups excluding carboxylic acids is 1. The lowest BCUT2D eigenvalue weighted by atomic mass is 9.75. The molecule has 0 fully saturated rings. The quantitative estimate of drug-likeness (QED) is 0.443. The Kier molecular flexibility index (Phi) is 5.24. The molecule has 2 atom stereocenters. The van der Waals surface area contributed by atoms with Gasteiger partial charge in [0.1, 0.15) is 17.3 Å².